The van der Waals surface area contributed by atoms with Gasteiger partial charge in [-0.3, -0.25) is 4.79 Å². The van der Waals surface area contributed by atoms with Gasteiger partial charge in [0.05, 0.1) is 18.6 Å². The summed E-state index contributed by atoms with van der Waals surface area (Å²) in [6.07, 6.45) is -0.230. The summed E-state index contributed by atoms with van der Waals surface area (Å²) < 4.78 is 12.5. The van der Waals surface area contributed by atoms with Gasteiger partial charge in [-0.1, -0.05) is 0 Å². The lowest BCUT2D eigenvalue weighted by molar-refractivity contribution is -0.167. The SMILES string of the molecule is CCOC(=O)C(OC(C)(C)C)c1c(C)c2c(c(C)c1I)CN(C1CCN(C(=O)O)CC1)C(=O)C2. The number of carboxylic acid groups (broad SMARTS) is 1. The van der Waals surface area contributed by atoms with Gasteiger partial charge in [-0.25, -0.2) is 9.59 Å². The summed E-state index contributed by atoms with van der Waals surface area (Å²) in [6.45, 7) is 13.1. The summed E-state index contributed by atoms with van der Waals surface area (Å²) in [5.74, 6) is -0.382. The van der Waals surface area contributed by atoms with Crippen LogP contribution in [0, 0.1) is 17.4 Å². The molecule has 2 heterocycles. The Kier molecular flexibility index (Phi) is 8.17. The number of amides is 2. The molecule has 0 bridgehead atoms. The third-order valence-electron chi connectivity index (χ3n) is 6.63. The molecule has 2 amide bonds. The first-order valence-corrected chi connectivity index (χ1v) is 12.9. The number of ether oxygens (including phenoxy) is 2. The van der Waals surface area contributed by atoms with E-state index >= 15 is 0 Å². The second-order valence-corrected chi connectivity index (χ2v) is 11.1. The molecule has 1 aromatic carbocycles. The van der Waals surface area contributed by atoms with Crippen molar-refractivity contribution in [2.45, 2.75) is 85.1 Å². The maximum atomic E-state index is 13.2. The second kappa shape index (κ2) is 10.4. The van der Waals surface area contributed by atoms with Crippen LogP contribution < -0.4 is 0 Å². The van der Waals surface area contributed by atoms with Crippen LogP contribution in [-0.2, 0) is 32.0 Å². The van der Waals surface area contributed by atoms with Crippen molar-refractivity contribution in [3.63, 3.8) is 0 Å². The van der Waals surface area contributed by atoms with Crippen LogP contribution in [0.25, 0.3) is 0 Å². The number of hydrogen-bond acceptors (Lipinski definition) is 5. The Hall–Kier alpha value is -1.88. The molecule has 1 saturated heterocycles. The Balaban J connectivity index is 1.97. The van der Waals surface area contributed by atoms with Gasteiger partial charge in [0.25, 0.3) is 0 Å². The predicted octanol–water partition coefficient (Wildman–Crippen LogP) is 4.35. The smallest absolute Gasteiger partial charge is 0.407 e. The number of likely N-dealkylation sites (tertiary alicyclic amines) is 1. The summed E-state index contributed by atoms with van der Waals surface area (Å²) in [5.41, 5.74) is 4.24. The molecule has 2 aliphatic heterocycles. The van der Waals surface area contributed by atoms with Gasteiger partial charge in [0.1, 0.15) is 0 Å². The average molecular weight is 586 g/mol. The zero-order valence-corrected chi connectivity index (χ0v) is 23.0. The van der Waals surface area contributed by atoms with Crippen LogP contribution in [0.5, 0.6) is 0 Å². The van der Waals surface area contributed by atoms with E-state index in [2.05, 4.69) is 22.6 Å². The quantitative estimate of drug-likeness (QED) is 0.407. The molecule has 1 unspecified atom stereocenters. The van der Waals surface area contributed by atoms with E-state index in [4.69, 9.17) is 9.47 Å². The lowest BCUT2D eigenvalue weighted by atomic mass is 9.85. The van der Waals surface area contributed by atoms with Crippen LogP contribution in [0.4, 0.5) is 4.79 Å². The number of piperidine rings is 1. The van der Waals surface area contributed by atoms with E-state index in [0.29, 0.717) is 32.5 Å². The zero-order chi connectivity index (χ0) is 25.4. The fourth-order valence-electron chi connectivity index (χ4n) is 4.89. The van der Waals surface area contributed by atoms with E-state index in [9.17, 15) is 19.5 Å². The average Bonchev–Trinajstić information content (AvgIpc) is 2.76. The highest BCUT2D eigenvalue weighted by molar-refractivity contribution is 14.1. The van der Waals surface area contributed by atoms with Gasteiger partial charge in [-0.15, -0.1) is 0 Å². The minimum absolute atomic E-state index is 0.0322. The van der Waals surface area contributed by atoms with Gasteiger partial charge in [0, 0.05) is 34.8 Å². The van der Waals surface area contributed by atoms with Crippen LogP contribution in [0.1, 0.15) is 74.5 Å². The maximum Gasteiger partial charge on any atom is 0.407 e. The van der Waals surface area contributed by atoms with Crippen LogP contribution in [0.15, 0.2) is 0 Å². The Bertz CT molecular complexity index is 979. The number of halogens is 1. The van der Waals surface area contributed by atoms with E-state index in [0.717, 1.165) is 31.4 Å². The first kappa shape index (κ1) is 26.7. The molecule has 9 heteroatoms. The summed E-state index contributed by atoms with van der Waals surface area (Å²) in [6, 6.07) is 0.0322. The van der Waals surface area contributed by atoms with E-state index < -0.39 is 23.8 Å². The molecule has 8 nitrogen and oxygen atoms in total. The first-order valence-electron chi connectivity index (χ1n) is 11.8. The molecule has 2 aliphatic rings. The molecular weight excluding hydrogens is 551 g/mol. The second-order valence-electron chi connectivity index (χ2n) is 10.00. The van der Waals surface area contributed by atoms with Gasteiger partial charge >= 0.3 is 12.1 Å². The lowest BCUT2D eigenvalue weighted by Gasteiger charge is -2.41. The Morgan fingerprint density at radius 1 is 1.15 bits per heavy atom. The molecule has 1 fully saturated rings. The largest absolute Gasteiger partial charge is 0.465 e. The summed E-state index contributed by atoms with van der Waals surface area (Å²) in [7, 11) is 0. The summed E-state index contributed by atoms with van der Waals surface area (Å²) in [5, 5.41) is 9.23. The predicted molar refractivity (Wildman–Crippen MR) is 136 cm³/mol. The van der Waals surface area contributed by atoms with E-state index in [-0.39, 0.29) is 25.0 Å². The summed E-state index contributed by atoms with van der Waals surface area (Å²) in [4.78, 5) is 40.7. The number of hydrogen-bond donors (Lipinski definition) is 1. The third-order valence-corrected chi connectivity index (χ3v) is 8.02. The minimum atomic E-state index is -0.907. The van der Waals surface area contributed by atoms with Crippen molar-refractivity contribution in [1.82, 2.24) is 9.80 Å². The molecule has 34 heavy (non-hydrogen) atoms. The zero-order valence-electron chi connectivity index (χ0n) is 20.9. The molecule has 1 atom stereocenters. The minimum Gasteiger partial charge on any atom is -0.465 e. The highest BCUT2D eigenvalue weighted by Gasteiger charge is 2.38. The topological polar surface area (TPSA) is 96.4 Å². The van der Waals surface area contributed by atoms with Crippen molar-refractivity contribution in [3.8, 4) is 0 Å². The number of nitrogens with zero attached hydrogens (tertiary/aromatic N) is 2. The van der Waals surface area contributed by atoms with Crippen LogP contribution in [0.3, 0.4) is 0 Å². The van der Waals surface area contributed by atoms with Gasteiger partial charge < -0.3 is 24.4 Å². The normalized spacial score (nSPS) is 18.0. The summed E-state index contributed by atoms with van der Waals surface area (Å²) >= 11 is 2.28. The maximum absolute atomic E-state index is 13.2. The van der Waals surface area contributed by atoms with Gasteiger partial charge in [-0.2, -0.15) is 0 Å². The Morgan fingerprint density at radius 3 is 2.29 bits per heavy atom. The van der Waals surface area contributed by atoms with Crippen molar-refractivity contribution in [3.05, 3.63) is 31.4 Å². The van der Waals surface area contributed by atoms with Crippen molar-refractivity contribution in [2.24, 2.45) is 0 Å². The highest BCUT2D eigenvalue weighted by atomic mass is 127. The van der Waals surface area contributed by atoms with E-state index in [1.165, 1.54) is 4.90 Å². The van der Waals surface area contributed by atoms with Crippen LogP contribution in [-0.4, -0.2) is 64.2 Å². The lowest BCUT2D eigenvalue weighted by Crippen LogP contribution is -2.50. The standard InChI is InChI=1S/C25H35IN2O6/c1-7-33-23(30)22(34-25(4,5)6)20-14(2)17-12-19(29)28(13-18(17)15(3)21(20)26)16-8-10-27(11-9-16)24(31)32/h16,22H,7-13H2,1-6H3,(H,31,32). The molecule has 0 spiro atoms. The van der Waals surface area contributed by atoms with E-state index in [1.54, 1.807) is 6.92 Å². The highest BCUT2D eigenvalue weighted by Crippen LogP contribution is 2.39. The fourth-order valence-corrected chi connectivity index (χ4v) is 5.90. The van der Waals surface area contributed by atoms with Gasteiger partial charge in [-0.05, 0) is 99.2 Å². The number of rotatable bonds is 5. The van der Waals surface area contributed by atoms with E-state index in [1.807, 2.05) is 39.5 Å². The Morgan fingerprint density at radius 2 is 1.76 bits per heavy atom. The molecule has 1 aromatic rings. The molecule has 0 aromatic heterocycles. The first-order chi connectivity index (χ1) is 15.9. The van der Waals surface area contributed by atoms with Crippen molar-refractivity contribution >= 4 is 40.6 Å². The Labute approximate surface area is 215 Å². The van der Waals surface area contributed by atoms with Crippen LogP contribution >= 0.6 is 22.6 Å². The molecule has 0 saturated carbocycles. The number of carbonyl (C=O) groups is 3. The molecule has 0 radical (unpaired) electrons. The molecule has 0 aliphatic carbocycles. The fraction of sp³-hybridized carbons (Fsp3) is 0.640. The number of fused-ring (bicyclic) bond motifs is 1. The monoisotopic (exact) mass is 586 g/mol. The van der Waals surface area contributed by atoms with Gasteiger partial charge in [0.2, 0.25) is 5.91 Å². The van der Waals surface area contributed by atoms with Crippen LogP contribution in [0.2, 0.25) is 0 Å². The van der Waals surface area contributed by atoms with Crippen molar-refractivity contribution in [2.75, 3.05) is 19.7 Å². The number of benzene rings is 1. The van der Waals surface area contributed by atoms with Crippen molar-refractivity contribution < 1.29 is 29.0 Å². The van der Waals surface area contributed by atoms with Gasteiger partial charge in [0.15, 0.2) is 6.10 Å². The number of esters is 1. The third kappa shape index (κ3) is 5.50. The molecule has 188 valence electrons. The number of carbonyl (C=O) groups excluding carboxylic acids is 2. The van der Waals surface area contributed by atoms with Crippen molar-refractivity contribution in [1.29, 1.82) is 0 Å². The molecule has 1 N–H and O–H groups in total. The molecule has 3 rings (SSSR count). The molecular formula is C25H35IN2O6.